The largest absolute Gasteiger partial charge is 0.338 e. The maximum absolute atomic E-state index is 5.37. The van der Waals surface area contributed by atoms with E-state index in [1.807, 2.05) is 19.1 Å². The molecule has 0 aliphatic rings. The predicted octanol–water partition coefficient (Wildman–Crippen LogP) is 3.55. The molecule has 3 rings (SSSR count). The maximum atomic E-state index is 5.37. The molecule has 0 saturated carbocycles. The number of pyridine rings is 1. The standard InChI is InChI=1S/C16H20N6OS/c1-4-6-13-18-15(23-21-13)11(3)24-16-20-19-14(22(16)5-2)12-7-9-17-10-8-12/h7-11H,4-6H2,1-3H3/t11-/m0/s1. The third-order valence-corrected chi connectivity index (χ3v) is 4.63. The van der Waals surface area contributed by atoms with Gasteiger partial charge in [-0.1, -0.05) is 23.8 Å². The zero-order valence-electron chi connectivity index (χ0n) is 14.0. The van der Waals surface area contributed by atoms with Crippen molar-refractivity contribution in [3.63, 3.8) is 0 Å². The second-order valence-electron chi connectivity index (χ2n) is 5.35. The molecule has 1 atom stereocenters. The minimum Gasteiger partial charge on any atom is -0.338 e. The first-order valence-corrected chi connectivity index (χ1v) is 8.93. The summed E-state index contributed by atoms with van der Waals surface area (Å²) in [5, 5.41) is 13.5. The molecule has 0 fully saturated rings. The van der Waals surface area contributed by atoms with Crippen LogP contribution in [-0.4, -0.2) is 29.9 Å². The van der Waals surface area contributed by atoms with Gasteiger partial charge >= 0.3 is 0 Å². The van der Waals surface area contributed by atoms with Crippen LogP contribution in [0, 0.1) is 0 Å². The van der Waals surface area contributed by atoms with Crippen molar-refractivity contribution in [2.75, 3.05) is 0 Å². The Bertz CT molecular complexity index is 785. The van der Waals surface area contributed by atoms with Gasteiger partial charge in [0.25, 0.3) is 0 Å². The summed E-state index contributed by atoms with van der Waals surface area (Å²) in [7, 11) is 0. The normalized spacial score (nSPS) is 12.5. The van der Waals surface area contributed by atoms with E-state index in [4.69, 9.17) is 4.52 Å². The van der Waals surface area contributed by atoms with Gasteiger partial charge in [-0.25, -0.2) is 0 Å². The quantitative estimate of drug-likeness (QED) is 0.606. The molecule has 0 spiro atoms. The van der Waals surface area contributed by atoms with Gasteiger partial charge in [-0.15, -0.1) is 10.2 Å². The molecule has 0 radical (unpaired) electrons. The number of hydrogen-bond donors (Lipinski definition) is 0. The van der Waals surface area contributed by atoms with E-state index in [0.717, 1.165) is 41.8 Å². The fourth-order valence-electron chi connectivity index (χ4n) is 2.34. The molecule has 0 amide bonds. The van der Waals surface area contributed by atoms with Crippen LogP contribution >= 0.6 is 11.8 Å². The lowest BCUT2D eigenvalue weighted by molar-refractivity contribution is 0.374. The lowest BCUT2D eigenvalue weighted by Gasteiger charge is -2.09. The molecule has 0 N–H and O–H groups in total. The Hall–Kier alpha value is -2.22. The Morgan fingerprint density at radius 3 is 2.71 bits per heavy atom. The van der Waals surface area contributed by atoms with Crippen molar-refractivity contribution in [2.45, 2.75) is 50.6 Å². The van der Waals surface area contributed by atoms with E-state index in [0.29, 0.717) is 5.89 Å². The number of thioether (sulfide) groups is 1. The smallest absolute Gasteiger partial charge is 0.239 e. The van der Waals surface area contributed by atoms with Crippen LogP contribution in [0.15, 0.2) is 34.2 Å². The van der Waals surface area contributed by atoms with E-state index < -0.39 is 0 Å². The summed E-state index contributed by atoms with van der Waals surface area (Å²) in [6.45, 7) is 6.99. The van der Waals surface area contributed by atoms with Gasteiger partial charge in [-0.3, -0.25) is 4.98 Å². The summed E-state index contributed by atoms with van der Waals surface area (Å²) in [5.41, 5.74) is 1.00. The fraction of sp³-hybridized carbons (Fsp3) is 0.438. The van der Waals surface area contributed by atoms with Crippen LogP contribution in [0.5, 0.6) is 0 Å². The number of nitrogens with zero attached hydrogens (tertiary/aromatic N) is 6. The van der Waals surface area contributed by atoms with Crippen LogP contribution in [0.4, 0.5) is 0 Å². The Kier molecular flexibility index (Phi) is 5.24. The molecule has 0 unspecified atom stereocenters. The number of rotatable bonds is 7. The molecule has 126 valence electrons. The van der Waals surface area contributed by atoms with E-state index in [1.54, 1.807) is 24.2 Å². The summed E-state index contributed by atoms with van der Waals surface area (Å²) in [6.07, 6.45) is 5.35. The Labute approximate surface area is 144 Å². The first-order valence-electron chi connectivity index (χ1n) is 8.05. The third-order valence-electron chi connectivity index (χ3n) is 3.56. The van der Waals surface area contributed by atoms with Crippen molar-refractivity contribution in [1.82, 2.24) is 29.9 Å². The van der Waals surface area contributed by atoms with Crippen LogP contribution in [0.1, 0.15) is 44.2 Å². The van der Waals surface area contributed by atoms with Gasteiger partial charge in [0.2, 0.25) is 5.89 Å². The highest BCUT2D eigenvalue weighted by Gasteiger charge is 2.20. The van der Waals surface area contributed by atoms with E-state index in [-0.39, 0.29) is 5.25 Å². The van der Waals surface area contributed by atoms with Crippen LogP contribution in [0.3, 0.4) is 0 Å². The highest BCUT2D eigenvalue weighted by Crippen LogP contribution is 2.34. The van der Waals surface area contributed by atoms with Crippen LogP contribution < -0.4 is 0 Å². The molecule has 8 heteroatoms. The molecule has 3 aromatic heterocycles. The Morgan fingerprint density at radius 2 is 2.00 bits per heavy atom. The van der Waals surface area contributed by atoms with Gasteiger partial charge in [0, 0.05) is 30.9 Å². The summed E-state index contributed by atoms with van der Waals surface area (Å²) >= 11 is 1.57. The molecule has 0 bridgehead atoms. The van der Waals surface area contributed by atoms with Gasteiger partial charge in [-0.05, 0) is 32.4 Å². The number of hydrogen-bond acceptors (Lipinski definition) is 7. The van der Waals surface area contributed by atoms with Crippen molar-refractivity contribution in [2.24, 2.45) is 0 Å². The lowest BCUT2D eigenvalue weighted by atomic mass is 10.2. The van der Waals surface area contributed by atoms with E-state index in [1.165, 1.54) is 0 Å². The Balaban J connectivity index is 1.81. The van der Waals surface area contributed by atoms with Crippen molar-refractivity contribution >= 4 is 11.8 Å². The topological polar surface area (TPSA) is 82.5 Å². The molecular formula is C16H20N6OS. The van der Waals surface area contributed by atoms with Gasteiger partial charge in [0.1, 0.15) is 0 Å². The van der Waals surface area contributed by atoms with E-state index >= 15 is 0 Å². The van der Waals surface area contributed by atoms with Gasteiger partial charge in [0.15, 0.2) is 16.8 Å². The molecule has 0 aliphatic heterocycles. The zero-order valence-corrected chi connectivity index (χ0v) is 14.8. The van der Waals surface area contributed by atoms with Crippen LogP contribution in [0.25, 0.3) is 11.4 Å². The predicted molar refractivity (Wildman–Crippen MR) is 91.5 cm³/mol. The third kappa shape index (κ3) is 3.48. The summed E-state index contributed by atoms with van der Waals surface area (Å²) < 4.78 is 7.45. The van der Waals surface area contributed by atoms with Crippen molar-refractivity contribution in [3.05, 3.63) is 36.2 Å². The molecule has 7 nitrogen and oxygen atoms in total. The van der Waals surface area contributed by atoms with Gasteiger partial charge in [-0.2, -0.15) is 4.98 Å². The average Bonchev–Trinajstić information content (AvgIpc) is 3.23. The minimum absolute atomic E-state index is 0.0166. The summed E-state index contributed by atoms with van der Waals surface area (Å²) in [5.74, 6) is 2.22. The molecule has 24 heavy (non-hydrogen) atoms. The van der Waals surface area contributed by atoms with Crippen LogP contribution in [-0.2, 0) is 13.0 Å². The zero-order chi connectivity index (χ0) is 16.9. The molecule has 0 aromatic carbocycles. The minimum atomic E-state index is 0.0166. The first-order chi connectivity index (χ1) is 11.7. The van der Waals surface area contributed by atoms with E-state index in [9.17, 15) is 0 Å². The van der Waals surface area contributed by atoms with Gasteiger partial charge in [0.05, 0.1) is 5.25 Å². The average molecular weight is 344 g/mol. The second-order valence-corrected chi connectivity index (χ2v) is 6.65. The number of aromatic nitrogens is 6. The molecule has 3 aromatic rings. The summed E-state index contributed by atoms with van der Waals surface area (Å²) in [4.78, 5) is 8.50. The van der Waals surface area contributed by atoms with Crippen LogP contribution in [0.2, 0.25) is 0 Å². The van der Waals surface area contributed by atoms with Gasteiger partial charge < -0.3 is 9.09 Å². The van der Waals surface area contributed by atoms with Crippen molar-refractivity contribution < 1.29 is 4.52 Å². The molecule has 0 aliphatic carbocycles. The van der Waals surface area contributed by atoms with Crippen molar-refractivity contribution in [1.29, 1.82) is 0 Å². The lowest BCUT2D eigenvalue weighted by Crippen LogP contribution is -2.01. The van der Waals surface area contributed by atoms with Crippen molar-refractivity contribution in [3.8, 4) is 11.4 Å². The maximum Gasteiger partial charge on any atom is 0.239 e. The number of aryl methyl sites for hydroxylation is 1. The molecule has 3 heterocycles. The second kappa shape index (κ2) is 7.57. The molecular weight excluding hydrogens is 324 g/mol. The Morgan fingerprint density at radius 1 is 1.21 bits per heavy atom. The molecule has 0 saturated heterocycles. The highest BCUT2D eigenvalue weighted by atomic mass is 32.2. The van der Waals surface area contributed by atoms with E-state index in [2.05, 4.69) is 43.7 Å². The SMILES string of the molecule is CCCc1noc([C@H](C)Sc2nnc(-c3ccncc3)n2CC)n1. The monoisotopic (exact) mass is 344 g/mol. The summed E-state index contributed by atoms with van der Waals surface area (Å²) in [6, 6.07) is 3.87. The highest BCUT2D eigenvalue weighted by molar-refractivity contribution is 7.99. The first kappa shape index (κ1) is 16.6. The fourth-order valence-corrected chi connectivity index (χ4v) is 3.29.